The summed E-state index contributed by atoms with van der Waals surface area (Å²) in [5.41, 5.74) is 4.71. The van der Waals surface area contributed by atoms with E-state index in [4.69, 9.17) is 0 Å². The molecule has 0 unspecified atom stereocenters. The number of nitrogens with one attached hydrogen (secondary N) is 2. The number of halogens is 1. The highest BCUT2D eigenvalue weighted by atomic mass is 79.9. The van der Waals surface area contributed by atoms with Gasteiger partial charge in [0.25, 0.3) is 17.5 Å². The quantitative estimate of drug-likeness (QED) is 0.192. The maximum atomic E-state index is 12.9. The summed E-state index contributed by atoms with van der Waals surface area (Å²) in [5, 5.41) is 17.5. The molecule has 35 heavy (non-hydrogen) atoms. The van der Waals surface area contributed by atoms with Crippen LogP contribution in [0.3, 0.4) is 0 Å². The van der Waals surface area contributed by atoms with Crippen molar-refractivity contribution in [1.29, 1.82) is 0 Å². The molecule has 0 bridgehead atoms. The van der Waals surface area contributed by atoms with Crippen molar-refractivity contribution in [1.82, 2.24) is 10.7 Å². The van der Waals surface area contributed by atoms with Gasteiger partial charge >= 0.3 is 0 Å². The Morgan fingerprint density at radius 3 is 2.37 bits per heavy atom. The summed E-state index contributed by atoms with van der Waals surface area (Å²) in [6.45, 7) is 0. The van der Waals surface area contributed by atoms with Crippen LogP contribution in [0.1, 0.15) is 21.5 Å². The number of nitro benzene ring substituents is 1. The predicted molar refractivity (Wildman–Crippen MR) is 139 cm³/mol. The Balaban J connectivity index is 1.83. The van der Waals surface area contributed by atoms with Gasteiger partial charge in [-0.1, -0.05) is 46.3 Å². The molecule has 0 fully saturated rings. The minimum Gasteiger partial charge on any atom is -0.378 e. The van der Waals surface area contributed by atoms with Gasteiger partial charge in [-0.15, -0.1) is 0 Å². The summed E-state index contributed by atoms with van der Waals surface area (Å²) in [7, 11) is 3.84. The number of carbonyl (C=O) groups is 2. The third-order valence-electron chi connectivity index (χ3n) is 4.76. The molecule has 0 aliphatic rings. The van der Waals surface area contributed by atoms with Gasteiger partial charge in [0.1, 0.15) is 5.70 Å². The van der Waals surface area contributed by atoms with Crippen molar-refractivity contribution in [2.45, 2.75) is 0 Å². The van der Waals surface area contributed by atoms with Crippen molar-refractivity contribution in [2.24, 2.45) is 5.10 Å². The van der Waals surface area contributed by atoms with Gasteiger partial charge in [-0.05, 0) is 42.0 Å². The van der Waals surface area contributed by atoms with Gasteiger partial charge in [0.05, 0.1) is 11.1 Å². The van der Waals surface area contributed by atoms with E-state index in [2.05, 4.69) is 31.8 Å². The van der Waals surface area contributed by atoms with E-state index in [0.717, 1.165) is 10.2 Å². The van der Waals surface area contributed by atoms with Crippen LogP contribution in [0, 0.1) is 10.1 Å². The van der Waals surface area contributed by atoms with E-state index in [9.17, 15) is 19.7 Å². The average molecular weight is 536 g/mol. The molecule has 178 valence electrons. The summed E-state index contributed by atoms with van der Waals surface area (Å²) >= 11 is 3.33. The number of amides is 2. The van der Waals surface area contributed by atoms with E-state index < -0.39 is 16.7 Å². The van der Waals surface area contributed by atoms with Crippen LogP contribution in [0.25, 0.3) is 6.08 Å². The van der Waals surface area contributed by atoms with Crippen LogP contribution in [0.4, 0.5) is 11.4 Å². The van der Waals surface area contributed by atoms with Crippen molar-refractivity contribution in [2.75, 3.05) is 19.0 Å². The molecule has 0 atom stereocenters. The number of rotatable bonds is 8. The highest BCUT2D eigenvalue weighted by Crippen LogP contribution is 2.16. The topological polar surface area (TPSA) is 117 Å². The van der Waals surface area contributed by atoms with Gasteiger partial charge in [0, 0.05) is 47.5 Å². The predicted octanol–water partition coefficient (Wildman–Crippen LogP) is 4.34. The molecule has 0 aromatic heterocycles. The molecule has 0 aliphatic carbocycles. The van der Waals surface area contributed by atoms with E-state index in [1.807, 2.05) is 43.3 Å². The number of benzene rings is 3. The zero-order chi connectivity index (χ0) is 25.4. The zero-order valence-electron chi connectivity index (χ0n) is 18.9. The first-order valence-corrected chi connectivity index (χ1v) is 11.2. The third-order valence-corrected chi connectivity index (χ3v) is 5.25. The molecule has 2 N–H and O–H groups in total. The SMILES string of the molecule is CN(C)c1ccc(C=C(NC(=O)c2cccc(Br)c2)C(=O)NN=Cc2cccc([N+](=O)[O-])c2)cc1. The Bertz CT molecular complexity index is 1300. The maximum Gasteiger partial charge on any atom is 0.287 e. The second-order valence-corrected chi connectivity index (χ2v) is 8.48. The average Bonchev–Trinajstić information content (AvgIpc) is 2.84. The van der Waals surface area contributed by atoms with Gasteiger partial charge in [0.2, 0.25) is 0 Å². The van der Waals surface area contributed by atoms with Gasteiger partial charge < -0.3 is 10.2 Å². The van der Waals surface area contributed by atoms with Crippen LogP contribution in [-0.2, 0) is 4.79 Å². The van der Waals surface area contributed by atoms with Gasteiger partial charge in [-0.2, -0.15) is 5.10 Å². The second kappa shape index (κ2) is 11.7. The zero-order valence-corrected chi connectivity index (χ0v) is 20.5. The molecular formula is C25H22BrN5O4. The molecule has 0 aliphatic heterocycles. The number of nitro groups is 1. The van der Waals surface area contributed by atoms with E-state index in [1.54, 1.807) is 30.3 Å². The lowest BCUT2D eigenvalue weighted by molar-refractivity contribution is -0.384. The Hall–Kier alpha value is -4.31. The van der Waals surface area contributed by atoms with Gasteiger partial charge in [-0.3, -0.25) is 19.7 Å². The van der Waals surface area contributed by atoms with Crippen molar-refractivity contribution in [3.05, 3.63) is 110 Å². The molecule has 3 rings (SSSR count). The number of nitrogens with zero attached hydrogens (tertiary/aromatic N) is 3. The van der Waals surface area contributed by atoms with Crippen LogP contribution >= 0.6 is 15.9 Å². The lowest BCUT2D eigenvalue weighted by atomic mass is 10.1. The largest absolute Gasteiger partial charge is 0.378 e. The molecule has 9 nitrogen and oxygen atoms in total. The summed E-state index contributed by atoms with van der Waals surface area (Å²) in [4.78, 5) is 38.0. The first-order chi connectivity index (χ1) is 16.7. The minimum atomic E-state index is -0.660. The Morgan fingerprint density at radius 2 is 1.71 bits per heavy atom. The Morgan fingerprint density at radius 1 is 1.00 bits per heavy atom. The normalized spacial score (nSPS) is 11.2. The van der Waals surface area contributed by atoms with Crippen LogP contribution in [0.2, 0.25) is 0 Å². The summed E-state index contributed by atoms with van der Waals surface area (Å²) in [5.74, 6) is -1.13. The molecule has 10 heteroatoms. The van der Waals surface area contributed by atoms with E-state index >= 15 is 0 Å². The molecule has 3 aromatic rings. The summed E-state index contributed by atoms with van der Waals surface area (Å²) in [6, 6.07) is 20.0. The first-order valence-electron chi connectivity index (χ1n) is 10.4. The molecular weight excluding hydrogens is 514 g/mol. The molecule has 0 saturated carbocycles. The van der Waals surface area contributed by atoms with Crippen LogP contribution in [-0.4, -0.2) is 37.0 Å². The van der Waals surface area contributed by atoms with Crippen LogP contribution < -0.4 is 15.6 Å². The molecule has 0 radical (unpaired) electrons. The van der Waals surface area contributed by atoms with E-state index in [0.29, 0.717) is 16.7 Å². The Kier molecular flexibility index (Phi) is 8.47. The number of hydrogen-bond donors (Lipinski definition) is 2. The second-order valence-electron chi connectivity index (χ2n) is 7.56. The van der Waals surface area contributed by atoms with E-state index in [1.165, 1.54) is 30.5 Å². The highest BCUT2D eigenvalue weighted by Gasteiger charge is 2.15. The lowest BCUT2D eigenvalue weighted by Crippen LogP contribution is -2.32. The smallest absolute Gasteiger partial charge is 0.287 e. The fourth-order valence-corrected chi connectivity index (χ4v) is 3.36. The fraction of sp³-hybridized carbons (Fsp3) is 0.0800. The van der Waals surface area contributed by atoms with Gasteiger partial charge in [0.15, 0.2) is 0 Å². The number of carbonyl (C=O) groups excluding carboxylic acids is 2. The number of anilines is 1. The van der Waals surface area contributed by atoms with Crippen molar-refractivity contribution < 1.29 is 14.5 Å². The number of hydrazone groups is 1. The minimum absolute atomic E-state index is 0.0243. The molecule has 0 spiro atoms. The van der Waals surface area contributed by atoms with Crippen molar-refractivity contribution in [3.63, 3.8) is 0 Å². The van der Waals surface area contributed by atoms with Crippen molar-refractivity contribution >= 4 is 51.4 Å². The highest BCUT2D eigenvalue weighted by molar-refractivity contribution is 9.10. The van der Waals surface area contributed by atoms with Crippen molar-refractivity contribution in [3.8, 4) is 0 Å². The van der Waals surface area contributed by atoms with Gasteiger partial charge in [-0.25, -0.2) is 5.43 Å². The standard InChI is InChI=1S/C25H22BrN5O4/c1-30(2)21-11-9-17(10-12-21)14-23(28-24(32)19-6-4-7-20(26)15-19)25(33)29-27-16-18-5-3-8-22(13-18)31(34)35/h3-16H,1-2H3,(H,28,32)(H,29,33). The van der Waals surface area contributed by atoms with Crippen LogP contribution in [0.15, 0.2) is 88.1 Å². The third kappa shape index (κ3) is 7.34. The molecule has 0 heterocycles. The summed E-state index contributed by atoms with van der Waals surface area (Å²) < 4.78 is 0.723. The molecule has 3 aromatic carbocycles. The molecule has 2 amide bonds. The fourth-order valence-electron chi connectivity index (χ4n) is 2.96. The number of hydrogen-bond acceptors (Lipinski definition) is 6. The monoisotopic (exact) mass is 535 g/mol. The number of non-ortho nitro benzene ring substituents is 1. The lowest BCUT2D eigenvalue weighted by Gasteiger charge is -2.13. The molecule has 0 saturated heterocycles. The first kappa shape index (κ1) is 25.3. The maximum absolute atomic E-state index is 12.9. The Labute approximate surface area is 210 Å². The summed E-state index contributed by atoms with van der Waals surface area (Å²) in [6.07, 6.45) is 2.82. The van der Waals surface area contributed by atoms with E-state index in [-0.39, 0.29) is 11.4 Å². The van der Waals surface area contributed by atoms with Crippen LogP contribution in [0.5, 0.6) is 0 Å².